The van der Waals surface area contributed by atoms with Gasteiger partial charge in [0.2, 0.25) is 0 Å². The molecule has 1 aliphatic heterocycles. The van der Waals surface area contributed by atoms with E-state index in [1.54, 1.807) is 12.1 Å². The lowest BCUT2D eigenvalue weighted by Gasteiger charge is -2.13. The number of carbonyl (C=O) groups excluding carboxylic acids is 2. The highest BCUT2D eigenvalue weighted by Gasteiger charge is 2.35. The molecular weight excluding hydrogens is 466 g/mol. The molecule has 6 heteroatoms. The first-order chi connectivity index (χ1) is 16.6. The summed E-state index contributed by atoms with van der Waals surface area (Å²) in [7, 11) is 0. The van der Waals surface area contributed by atoms with Gasteiger partial charge in [0, 0.05) is 5.02 Å². The average molecular weight is 486 g/mol. The monoisotopic (exact) mass is 485 g/mol. The van der Waals surface area contributed by atoms with E-state index in [0.29, 0.717) is 16.5 Å². The molecule has 0 N–H and O–H groups in total. The summed E-state index contributed by atoms with van der Waals surface area (Å²) in [6.45, 7) is 0.615. The number of carbonyl (C=O) groups is 2. The Hall–Kier alpha value is -3.54. The predicted octanol–water partition coefficient (Wildman–Crippen LogP) is 7.31. The third-order valence-corrected chi connectivity index (χ3v) is 6.89. The number of halogens is 1. The third-order valence-electron chi connectivity index (χ3n) is 5.61. The molecule has 1 heterocycles. The molecule has 4 aromatic rings. The van der Waals surface area contributed by atoms with Crippen LogP contribution in [0, 0.1) is 0 Å². The molecular formula is C28H20ClNO3S. The van der Waals surface area contributed by atoms with Crippen LogP contribution in [-0.2, 0) is 17.9 Å². The van der Waals surface area contributed by atoms with Crippen LogP contribution in [0.3, 0.4) is 0 Å². The summed E-state index contributed by atoms with van der Waals surface area (Å²) in [5.41, 5.74) is 2.68. The minimum atomic E-state index is -0.314. The van der Waals surface area contributed by atoms with Crippen molar-refractivity contribution in [3.05, 3.63) is 118 Å². The molecule has 5 rings (SSSR count). The number of imide groups is 1. The number of thioether (sulfide) groups is 1. The Kier molecular flexibility index (Phi) is 6.39. The molecule has 0 bridgehead atoms. The van der Waals surface area contributed by atoms with Gasteiger partial charge < -0.3 is 4.74 Å². The molecule has 0 aliphatic carbocycles. The van der Waals surface area contributed by atoms with Crippen LogP contribution in [0.5, 0.6) is 5.75 Å². The molecule has 0 saturated carbocycles. The molecule has 0 aromatic heterocycles. The van der Waals surface area contributed by atoms with Crippen LogP contribution in [0.4, 0.5) is 4.79 Å². The average Bonchev–Trinajstić information content (AvgIpc) is 3.12. The van der Waals surface area contributed by atoms with E-state index in [9.17, 15) is 9.59 Å². The van der Waals surface area contributed by atoms with E-state index in [1.165, 1.54) is 15.7 Å². The summed E-state index contributed by atoms with van der Waals surface area (Å²) in [6, 6.07) is 29.1. The highest BCUT2D eigenvalue weighted by molar-refractivity contribution is 8.18. The summed E-state index contributed by atoms with van der Waals surface area (Å²) in [4.78, 5) is 26.9. The first kappa shape index (κ1) is 22.3. The second-order valence-corrected chi connectivity index (χ2v) is 9.26. The van der Waals surface area contributed by atoms with E-state index < -0.39 is 0 Å². The zero-order valence-corrected chi connectivity index (χ0v) is 19.7. The third kappa shape index (κ3) is 4.72. The fourth-order valence-corrected chi connectivity index (χ4v) is 4.86. The maximum atomic E-state index is 12.8. The van der Waals surface area contributed by atoms with Gasteiger partial charge in [-0.1, -0.05) is 84.4 Å². The standard InChI is InChI=1S/C28H20ClNO3S/c29-25-11-4-2-7-21(25)17-30-27(31)26(34-28(30)32)16-19-12-14-23(15-13-19)33-18-22-9-5-8-20-6-1-3-10-24(20)22/h1-16H,17-18H2/b26-16+. The fraction of sp³-hybridized carbons (Fsp3) is 0.0714. The zero-order chi connectivity index (χ0) is 23.5. The molecule has 0 radical (unpaired) electrons. The molecule has 168 valence electrons. The lowest BCUT2D eigenvalue weighted by molar-refractivity contribution is -0.123. The Bertz CT molecular complexity index is 1410. The first-order valence-electron chi connectivity index (χ1n) is 10.8. The van der Waals surface area contributed by atoms with Crippen molar-refractivity contribution >= 4 is 51.4 Å². The van der Waals surface area contributed by atoms with Crippen LogP contribution in [0.2, 0.25) is 5.02 Å². The predicted molar refractivity (Wildman–Crippen MR) is 138 cm³/mol. The van der Waals surface area contributed by atoms with Crippen molar-refractivity contribution in [1.82, 2.24) is 4.90 Å². The molecule has 0 atom stereocenters. The van der Waals surface area contributed by atoms with E-state index in [1.807, 2.05) is 60.7 Å². The van der Waals surface area contributed by atoms with Crippen LogP contribution >= 0.6 is 23.4 Å². The quantitative estimate of drug-likeness (QED) is 0.269. The molecule has 1 fully saturated rings. The van der Waals surface area contributed by atoms with E-state index >= 15 is 0 Å². The van der Waals surface area contributed by atoms with Crippen molar-refractivity contribution in [3.63, 3.8) is 0 Å². The summed E-state index contributed by atoms with van der Waals surface area (Å²) in [6.07, 6.45) is 1.73. The van der Waals surface area contributed by atoms with E-state index in [-0.39, 0.29) is 17.7 Å². The van der Waals surface area contributed by atoms with Crippen molar-refractivity contribution in [1.29, 1.82) is 0 Å². The Labute approximate surface area is 206 Å². The Morgan fingerprint density at radius 3 is 2.35 bits per heavy atom. The van der Waals surface area contributed by atoms with Gasteiger partial charge in [0.05, 0.1) is 11.4 Å². The molecule has 0 unspecified atom stereocenters. The largest absolute Gasteiger partial charge is 0.489 e. The van der Waals surface area contributed by atoms with Gasteiger partial charge in [0.25, 0.3) is 11.1 Å². The Morgan fingerprint density at radius 1 is 0.824 bits per heavy atom. The summed E-state index contributed by atoms with van der Waals surface area (Å²) in [5.74, 6) is 0.420. The smallest absolute Gasteiger partial charge is 0.293 e. The Balaban J connectivity index is 1.26. The first-order valence-corrected chi connectivity index (χ1v) is 12.0. The Morgan fingerprint density at radius 2 is 1.53 bits per heavy atom. The van der Waals surface area contributed by atoms with Gasteiger partial charge in [-0.25, -0.2) is 0 Å². The van der Waals surface area contributed by atoms with Crippen molar-refractivity contribution in [2.24, 2.45) is 0 Å². The molecule has 0 spiro atoms. The van der Waals surface area contributed by atoms with Gasteiger partial charge in [0.1, 0.15) is 12.4 Å². The minimum Gasteiger partial charge on any atom is -0.489 e. The SMILES string of the molecule is O=C1S/C(=C/c2ccc(OCc3cccc4ccccc34)cc2)C(=O)N1Cc1ccccc1Cl. The van der Waals surface area contributed by atoms with Crippen LogP contribution < -0.4 is 4.74 Å². The molecule has 1 saturated heterocycles. The topological polar surface area (TPSA) is 46.6 Å². The van der Waals surface area contributed by atoms with Gasteiger partial charge in [0.15, 0.2) is 0 Å². The van der Waals surface area contributed by atoms with Crippen LogP contribution in [-0.4, -0.2) is 16.0 Å². The van der Waals surface area contributed by atoms with Crippen molar-refractivity contribution in [2.45, 2.75) is 13.2 Å². The van der Waals surface area contributed by atoms with Crippen molar-refractivity contribution in [2.75, 3.05) is 0 Å². The van der Waals surface area contributed by atoms with Gasteiger partial charge in [-0.3, -0.25) is 14.5 Å². The molecule has 1 aliphatic rings. The highest BCUT2D eigenvalue weighted by Crippen LogP contribution is 2.34. The second-order valence-electron chi connectivity index (χ2n) is 7.86. The van der Waals surface area contributed by atoms with Gasteiger partial charge >= 0.3 is 0 Å². The molecule has 2 amide bonds. The lowest BCUT2D eigenvalue weighted by atomic mass is 10.1. The lowest BCUT2D eigenvalue weighted by Crippen LogP contribution is -2.27. The van der Waals surface area contributed by atoms with Crippen molar-refractivity contribution in [3.8, 4) is 5.75 Å². The number of hydrogen-bond donors (Lipinski definition) is 0. The number of rotatable bonds is 6. The normalized spacial score (nSPS) is 14.9. The van der Waals surface area contributed by atoms with Crippen LogP contribution in [0.1, 0.15) is 16.7 Å². The summed E-state index contributed by atoms with van der Waals surface area (Å²) >= 11 is 7.13. The van der Waals surface area contributed by atoms with E-state index in [0.717, 1.165) is 34.2 Å². The summed E-state index contributed by atoms with van der Waals surface area (Å²) < 4.78 is 5.99. The number of hydrogen-bond acceptors (Lipinski definition) is 4. The van der Waals surface area contributed by atoms with E-state index in [4.69, 9.17) is 16.3 Å². The van der Waals surface area contributed by atoms with Crippen LogP contribution in [0.15, 0.2) is 95.9 Å². The van der Waals surface area contributed by atoms with Crippen molar-refractivity contribution < 1.29 is 14.3 Å². The zero-order valence-electron chi connectivity index (χ0n) is 18.1. The number of benzene rings is 4. The van der Waals surface area contributed by atoms with E-state index in [2.05, 4.69) is 24.3 Å². The number of fused-ring (bicyclic) bond motifs is 1. The number of ether oxygens (including phenoxy) is 1. The maximum Gasteiger partial charge on any atom is 0.293 e. The molecule has 4 aromatic carbocycles. The number of amides is 2. The van der Waals surface area contributed by atoms with Gasteiger partial charge in [-0.2, -0.15) is 0 Å². The second kappa shape index (κ2) is 9.75. The molecule has 4 nitrogen and oxygen atoms in total. The highest BCUT2D eigenvalue weighted by atomic mass is 35.5. The van der Waals surface area contributed by atoms with Gasteiger partial charge in [-0.05, 0) is 63.5 Å². The van der Waals surface area contributed by atoms with Gasteiger partial charge in [-0.15, -0.1) is 0 Å². The summed E-state index contributed by atoms with van der Waals surface area (Å²) in [5, 5.41) is 2.59. The van der Waals surface area contributed by atoms with Crippen LogP contribution in [0.25, 0.3) is 16.8 Å². The fourth-order valence-electron chi connectivity index (χ4n) is 3.82. The maximum absolute atomic E-state index is 12.8. The molecule has 34 heavy (non-hydrogen) atoms. The number of nitrogens with zero attached hydrogens (tertiary/aromatic N) is 1. The minimum absolute atomic E-state index is 0.155.